The van der Waals surface area contributed by atoms with Crippen molar-refractivity contribution in [3.05, 3.63) is 78.1 Å². The molecule has 152 valence electrons. The zero-order valence-electron chi connectivity index (χ0n) is 15.8. The minimum atomic E-state index is -4.04. The summed E-state index contributed by atoms with van der Waals surface area (Å²) < 4.78 is 43.1. The molecule has 0 bridgehead atoms. The molecule has 0 aliphatic rings. The number of hydrogen-bond donors (Lipinski definition) is 2. The second-order valence-corrected chi connectivity index (χ2v) is 8.15. The third-order valence-electron chi connectivity index (χ3n) is 4.32. The van der Waals surface area contributed by atoms with Gasteiger partial charge in [-0.2, -0.15) is 0 Å². The average Bonchev–Trinajstić information content (AvgIpc) is 3.20. The van der Waals surface area contributed by atoms with Crippen molar-refractivity contribution in [3.8, 4) is 0 Å². The summed E-state index contributed by atoms with van der Waals surface area (Å²) in [7, 11) is -4.04. The summed E-state index contributed by atoms with van der Waals surface area (Å²) in [4.78, 5) is 16.3. The molecule has 1 heterocycles. The Morgan fingerprint density at radius 1 is 1.21 bits per heavy atom. The molecule has 3 aromatic rings. The molecule has 0 saturated carbocycles. The minimum Gasteiger partial charge on any atom is -0.352 e. The van der Waals surface area contributed by atoms with Crippen molar-refractivity contribution in [1.29, 1.82) is 0 Å². The van der Waals surface area contributed by atoms with Gasteiger partial charge in [0.25, 0.3) is 15.9 Å². The summed E-state index contributed by atoms with van der Waals surface area (Å²) in [6.45, 7) is 2.86. The standard InChI is InChI=1S/C20H21FN4O3S/c1-15-7-8-16(29(27,28)24-19-6-3-2-5-18(19)21)13-17(15)20(26)23-9-4-11-25-12-10-22-14-25/h2-3,5-8,10,12-14,24H,4,9,11H2,1H3,(H,23,26). The van der Waals surface area contributed by atoms with Crippen LogP contribution < -0.4 is 10.0 Å². The van der Waals surface area contributed by atoms with E-state index in [0.717, 1.165) is 6.07 Å². The van der Waals surface area contributed by atoms with E-state index < -0.39 is 15.8 Å². The molecular formula is C20H21FN4O3S. The monoisotopic (exact) mass is 416 g/mol. The number of halogens is 1. The SMILES string of the molecule is Cc1ccc(S(=O)(=O)Nc2ccccc2F)cc1C(=O)NCCCn1ccnc1. The van der Waals surface area contributed by atoms with Crippen molar-refractivity contribution in [2.45, 2.75) is 24.8 Å². The molecule has 0 aliphatic carbocycles. The first kappa shape index (κ1) is 20.5. The van der Waals surface area contributed by atoms with Crippen molar-refractivity contribution in [3.63, 3.8) is 0 Å². The van der Waals surface area contributed by atoms with Crippen molar-refractivity contribution in [2.75, 3.05) is 11.3 Å². The molecule has 0 saturated heterocycles. The third-order valence-corrected chi connectivity index (χ3v) is 5.68. The van der Waals surface area contributed by atoms with Gasteiger partial charge in [-0.05, 0) is 43.2 Å². The van der Waals surface area contributed by atoms with Gasteiger partial charge >= 0.3 is 0 Å². The number of carbonyl (C=O) groups is 1. The molecule has 0 atom stereocenters. The molecule has 9 heteroatoms. The lowest BCUT2D eigenvalue weighted by Gasteiger charge is -2.12. The summed E-state index contributed by atoms with van der Waals surface area (Å²) in [6, 6.07) is 9.71. The number of sulfonamides is 1. The van der Waals surface area contributed by atoms with Gasteiger partial charge in [0.1, 0.15) is 5.82 Å². The number of carbonyl (C=O) groups excluding carboxylic acids is 1. The first-order valence-corrected chi connectivity index (χ1v) is 10.5. The molecule has 0 unspecified atom stereocenters. The lowest BCUT2D eigenvalue weighted by molar-refractivity contribution is 0.0952. The van der Waals surface area contributed by atoms with Gasteiger partial charge < -0.3 is 9.88 Å². The van der Waals surface area contributed by atoms with Crippen LogP contribution in [0.2, 0.25) is 0 Å². The van der Waals surface area contributed by atoms with Crippen LogP contribution in [0.25, 0.3) is 0 Å². The lowest BCUT2D eigenvalue weighted by Crippen LogP contribution is -2.26. The van der Waals surface area contributed by atoms with Crippen LogP contribution in [0.5, 0.6) is 0 Å². The van der Waals surface area contributed by atoms with Gasteiger partial charge in [0, 0.05) is 31.0 Å². The predicted molar refractivity (Wildman–Crippen MR) is 108 cm³/mol. The summed E-state index contributed by atoms with van der Waals surface area (Å²) >= 11 is 0. The number of rotatable bonds is 8. The fourth-order valence-electron chi connectivity index (χ4n) is 2.74. The van der Waals surface area contributed by atoms with Gasteiger partial charge in [-0.3, -0.25) is 9.52 Å². The number of imidazole rings is 1. The maximum absolute atomic E-state index is 13.8. The number of benzene rings is 2. The van der Waals surface area contributed by atoms with Crippen LogP contribution in [0.1, 0.15) is 22.3 Å². The minimum absolute atomic E-state index is 0.116. The highest BCUT2D eigenvalue weighted by Gasteiger charge is 2.19. The molecule has 2 N–H and O–H groups in total. The molecule has 1 amide bonds. The van der Waals surface area contributed by atoms with Gasteiger partial charge in [0.05, 0.1) is 16.9 Å². The van der Waals surface area contributed by atoms with E-state index in [-0.39, 0.29) is 22.1 Å². The van der Waals surface area contributed by atoms with E-state index in [2.05, 4.69) is 15.0 Å². The van der Waals surface area contributed by atoms with E-state index in [9.17, 15) is 17.6 Å². The zero-order valence-corrected chi connectivity index (χ0v) is 16.6. The van der Waals surface area contributed by atoms with Gasteiger partial charge in [0.15, 0.2) is 0 Å². The Kier molecular flexibility index (Phi) is 6.28. The number of anilines is 1. The zero-order chi connectivity index (χ0) is 20.9. The second kappa shape index (κ2) is 8.87. The van der Waals surface area contributed by atoms with Crippen LogP contribution in [0.15, 0.2) is 66.1 Å². The van der Waals surface area contributed by atoms with Gasteiger partial charge in [-0.15, -0.1) is 0 Å². The van der Waals surface area contributed by atoms with Crippen molar-refractivity contribution in [1.82, 2.24) is 14.9 Å². The maximum Gasteiger partial charge on any atom is 0.262 e. The molecule has 3 rings (SSSR count). The smallest absolute Gasteiger partial charge is 0.262 e. The number of nitrogens with one attached hydrogen (secondary N) is 2. The Balaban J connectivity index is 1.69. The second-order valence-electron chi connectivity index (χ2n) is 6.47. The summed E-state index contributed by atoms with van der Waals surface area (Å²) in [5.41, 5.74) is 0.740. The summed E-state index contributed by atoms with van der Waals surface area (Å²) in [5.74, 6) is -1.05. The lowest BCUT2D eigenvalue weighted by atomic mass is 10.1. The number of aryl methyl sites for hydroxylation is 2. The Morgan fingerprint density at radius 2 is 2.00 bits per heavy atom. The van der Waals surface area contributed by atoms with Crippen LogP contribution in [-0.2, 0) is 16.6 Å². The first-order chi connectivity index (χ1) is 13.9. The molecule has 0 aliphatic heterocycles. The van der Waals surface area contributed by atoms with Crippen LogP contribution in [-0.4, -0.2) is 30.4 Å². The van der Waals surface area contributed by atoms with E-state index in [1.54, 1.807) is 25.5 Å². The predicted octanol–water partition coefficient (Wildman–Crippen LogP) is 2.95. The maximum atomic E-state index is 13.8. The first-order valence-electron chi connectivity index (χ1n) is 8.99. The molecule has 0 fully saturated rings. The summed E-state index contributed by atoms with van der Waals surface area (Å²) in [5, 5.41) is 2.79. The van der Waals surface area contributed by atoms with Crippen LogP contribution >= 0.6 is 0 Å². The highest BCUT2D eigenvalue weighted by molar-refractivity contribution is 7.92. The van der Waals surface area contributed by atoms with Crippen molar-refractivity contribution >= 4 is 21.6 Å². The molecule has 0 radical (unpaired) electrons. The van der Waals surface area contributed by atoms with Gasteiger partial charge in [0.2, 0.25) is 0 Å². The van der Waals surface area contributed by atoms with E-state index in [0.29, 0.717) is 25.1 Å². The van der Waals surface area contributed by atoms with E-state index in [4.69, 9.17) is 0 Å². The quantitative estimate of drug-likeness (QED) is 0.552. The Morgan fingerprint density at radius 3 is 2.72 bits per heavy atom. The van der Waals surface area contributed by atoms with Crippen molar-refractivity contribution < 1.29 is 17.6 Å². The normalized spacial score (nSPS) is 11.2. The highest BCUT2D eigenvalue weighted by Crippen LogP contribution is 2.21. The number of aromatic nitrogens is 2. The van der Waals surface area contributed by atoms with E-state index >= 15 is 0 Å². The molecule has 0 spiro atoms. The number of hydrogen-bond acceptors (Lipinski definition) is 4. The third kappa shape index (κ3) is 5.20. The van der Waals surface area contributed by atoms with Crippen LogP contribution in [0.4, 0.5) is 10.1 Å². The largest absolute Gasteiger partial charge is 0.352 e. The fraction of sp³-hybridized carbons (Fsp3) is 0.200. The highest BCUT2D eigenvalue weighted by atomic mass is 32.2. The number of amides is 1. The number of para-hydroxylation sites is 1. The molecule has 7 nitrogen and oxygen atoms in total. The Hall–Kier alpha value is -3.20. The summed E-state index contributed by atoms with van der Waals surface area (Å²) in [6.07, 6.45) is 5.92. The Bertz CT molecular complexity index is 1100. The molecule has 1 aromatic heterocycles. The molecule has 29 heavy (non-hydrogen) atoms. The van der Waals surface area contributed by atoms with Gasteiger partial charge in [-0.1, -0.05) is 18.2 Å². The van der Waals surface area contributed by atoms with E-state index in [1.165, 1.54) is 30.3 Å². The Labute approximate surface area is 168 Å². The average molecular weight is 416 g/mol. The molecule has 2 aromatic carbocycles. The topological polar surface area (TPSA) is 93.1 Å². The molecular weight excluding hydrogens is 395 g/mol. The van der Waals surface area contributed by atoms with E-state index in [1.807, 2.05) is 10.8 Å². The van der Waals surface area contributed by atoms with Crippen LogP contribution in [0.3, 0.4) is 0 Å². The fourth-order valence-corrected chi connectivity index (χ4v) is 3.83. The van der Waals surface area contributed by atoms with Crippen LogP contribution in [0, 0.1) is 12.7 Å². The van der Waals surface area contributed by atoms with Gasteiger partial charge in [-0.25, -0.2) is 17.8 Å². The van der Waals surface area contributed by atoms with Crippen molar-refractivity contribution in [2.24, 2.45) is 0 Å². The number of nitrogens with zero attached hydrogens (tertiary/aromatic N) is 2.